The molecule has 0 aromatic carbocycles. The van der Waals surface area contributed by atoms with E-state index in [-0.39, 0.29) is 11.8 Å². The fourth-order valence-electron chi connectivity index (χ4n) is 2.12. The molecular formula is C13H14N4O3S. The number of hydrogen-bond acceptors (Lipinski definition) is 7. The number of carboxylic acids is 1. The molecule has 0 radical (unpaired) electrons. The van der Waals surface area contributed by atoms with Crippen molar-refractivity contribution in [1.29, 1.82) is 0 Å². The summed E-state index contributed by atoms with van der Waals surface area (Å²) in [6.45, 7) is 3.86. The maximum Gasteiger partial charge on any atom is 0.356 e. The van der Waals surface area contributed by atoms with E-state index in [0.717, 1.165) is 10.7 Å². The summed E-state index contributed by atoms with van der Waals surface area (Å²) in [5.41, 5.74) is 0.931. The van der Waals surface area contributed by atoms with Crippen molar-refractivity contribution in [3.8, 4) is 0 Å². The Kier molecular flexibility index (Phi) is 3.80. The number of carbonyl (C=O) groups is 1. The van der Waals surface area contributed by atoms with E-state index >= 15 is 0 Å². The number of aromatic carboxylic acids is 1. The highest BCUT2D eigenvalue weighted by atomic mass is 32.1. The first-order valence-electron chi connectivity index (χ1n) is 6.47. The Bertz CT molecular complexity index is 643. The van der Waals surface area contributed by atoms with Gasteiger partial charge in [0.15, 0.2) is 5.69 Å². The third-order valence-corrected chi connectivity index (χ3v) is 4.21. The molecule has 0 saturated carbocycles. The molecule has 1 fully saturated rings. The van der Waals surface area contributed by atoms with Crippen molar-refractivity contribution in [1.82, 2.24) is 15.0 Å². The summed E-state index contributed by atoms with van der Waals surface area (Å²) in [7, 11) is 0. The highest BCUT2D eigenvalue weighted by Crippen LogP contribution is 2.27. The minimum absolute atomic E-state index is 0.0564. The Morgan fingerprint density at radius 2 is 2.33 bits per heavy atom. The van der Waals surface area contributed by atoms with E-state index in [2.05, 4.69) is 15.0 Å². The molecule has 1 aliphatic rings. The molecule has 1 saturated heterocycles. The zero-order valence-corrected chi connectivity index (χ0v) is 12.2. The number of hydrogen-bond donors (Lipinski definition) is 1. The number of rotatable bonds is 3. The maximum atomic E-state index is 10.8. The van der Waals surface area contributed by atoms with E-state index in [9.17, 15) is 4.79 Å². The molecule has 1 N–H and O–H groups in total. The van der Waals surface area contributed by atoms with Gasteiger partial charge in [0.05, 0.1) is 25.5 Å². The first-order valence-corrected chi connectivity index (χ1v) is 7.35. The highest BCUT2D eigenvalue weighted by Gasteiger charge is 2.25. The number of ether oxygens (including phenoxy) is 1. The van der Waals surface area contributed by atoms with Crippen LogP contribution in [0.2, 0.25) is 0 Å². The van der Waals surface area contributed by atoms with Gasteiger partial charge in [0, 0.05) is 17.6 Å². The normalized spacial score (nSPS) is 18.7. The van der Waals surface area contributed by atoms with Crippen molar-refractivity contribution in [2.24, 2.45) is 0 Å². The zero-order valence-electron chi connectivity index (χ0n) is 11.4. The Morgan fingerprint density at radius 1 is 1.48 bits per heavy atom. The van der Waals surface area contributed by atoms with E-state index in [1.165, 1.54) is 12.4 Å². The number of morpholine rings is 1. The molecule has 0 amide bonds. The molecule has 8 heteroatoms. The lowest BCUT2D eigenvalue weighted by molar-refractivity contribution is 0.0392. The highest BCUT2D eigenvalue weighted by molar-refractivity contribution is 7.09. The smallest absolute Gasteiger partial charge is 0.356 e. The van der Waals surface area contributed by atoms with Gasteiger partial charge < -0.3 is 14.7 Å². The Balaban J connectivity index is 1.75. The average molecular weight is 306 g/mol. The van der Waals surface area contributed by atoms with Gasteiger partial charge in [-0.3, -0.25) is 0 Å². The third-order valence-electron chi connectivity index (χ3n) is 3.16. The van der Waals surface area contributed by atoms with Crippen LogP contribution in [0.1, 0.15) is 27.3 Å². The number of anilines is 1. The lowest BCUT2D eigenvalue weighted by Crippen LogP contribution is -2.39. The molecule has 7 nitrogen and oxygen atoms in total. The second-order valence-corrected chi connectivity index (χ2v) is 5.59. The number of thiazole rings is 1. The molecule has 3 heterocycles. The van der Waals surface area contributed by atoms with Crippen LogP contribution >= 0.6 is 11.3 Å². The van der Waals surface area contributed by atoms with Crippen molar-refractivity contribution >= 4 is 23.1 Å². The molecule has 2 aromatic heterocycles. The van der Waals surface area contributed by atoms with Crippen LogP contribution in [0.3, 0.4) is 0 Å². The van der Waals surface area contributed by atoms with Crippen LogP contribution in [0.25, 0.3) is 0 Å². The summed E-state index contributed by atoms with van der Waals surface area (Å²) in [5, 5.41) is 11.8. The van der Waals surface area contributed by atoms with Crippen LogP contribution in [0.5, 0.6) is 0 Å². The van der Waals surface area contributed by atoms with E-state index < -0.39 is 5.97 Å². The second kappa shape index (κ2) is 5.74. The van der Waals surface area contributed by atoms with Crippen molar-refractivity contribution in [3.63, 3.8) is 0 Å². The van der Waals surface area contributed by atoms with Crippen molar-refractivity contribution in [3.05, 3.63) is 34.2 Å². The molecule has 1 atom stereocenters. The van der Waals surface area contributed by atoms with Gasteiger partial charge >= 0.3 is 5.97 Å². The number of carboxylic acid groups (broad SMARTS) is 1. The molecule has 1 aliphatic heterocycles. The van der Waals surface area contributed by atoms with Crippen LogP contribution < -0.4 is 4.90 Å². The average Bonchev–Trinajstić information content (AvgIpc) is 2.94. The number of aromatic nitrogens is 3. The second-order valence-electron chi connectivity index (χ2n) is 4.70. The van der Waals surface area contributed by atoms with E-state index in [1.54, 1.807) is 11.3 Å². The Morgan fingerprint density at radius 3 is 2.95 bits per heavy atom. The summed E-state index contributed by atoms with van der Waals surface area (Å²) >= 11 is 1.58. The Hall–Kier alpha value is -2.06. The summed E-state index contributed by atoms with van der Waals surface area (Å²) in [6, 6.07) is 0. The summed E-state index contributed by atoms with van der Waals surface area (Å²) < 4.78 is 5.75. The molecule has 1 unspecified atom stereocenters. The predicted octanol–water partition coefficient (Wildman–Crippen LogP) is 1.52. The van der Waals surface area contributed by atoms with E-state index in [1.807, 2.05) is 17.2 Å². The largest absolute Gasteiger partial charge is 0.476 e. The van der Waals surface area contributed by atoms with Gasteiger partial charge in [-0.1, -0.05) is 0 Å². The molecule has 21 heavy (non-hydrogen) atoms. The molecule has 110 valence electrons. The third kappa shape index (κ3) is 3.01. The SMILES string of the molecule is Cc1csc(C2CN(c3cnc(C(=O)O)cn3)CCO2)n1. The topological polar surface area (TPSA) is 88.4 Å². The molecule has 0 spiro atoms. The van der Waals surface area contributed by atoms with Crippen molar-refractivity contribution in [2.45, 2.75) is 13.0 Å². The van der Waals surface area contributed by atoms with Gasteiger partial charge in [0.1, 0.15) is 16.9 Å². The van der Waals surface area contributed by atoms with Crippen LogP contribution in [0.4, 0.5) is 5.82 Å². The van der Waals surface area contributed by atoms with Gasteiger partial charge in [-0.2, -0.15) is 0 Å². The minimum Gasteiger partial charge on any atom is -0.476 e. The summed E-state index contributed by atoms with van der Waals surface area (Å²) in [4.78, 5) is 25.3. The quantitative estimate of drug-likeness (QED) is 0.919. The lowest BCUT2D eigenvalue weighted by atomic mass is 10.3. The van der Waals surface area contributed by atoms with Crippen molar-refractivity contribution in [2.75, 3.05) is 24.6 Å². The van der Waals surface area contributed by atoms with Crippen LogP contribution in [-0.2, 0) is 4.74 Å². The van der Waals surface area contributed by atoms with Gasteiger partial charge in [0.2, 0.25) is 0 Å². The first-order chi connectivity index (χ1) is 10.1. The van der Waals surface area contributed by atoms with Gasteiger partial charge in [-0.05, 0) is 6.92 Å². The van der Waals surface area contributed by atoms with Gasteiger partial charge in [-0.25, -0.2) is 19.7 Å². The predicted molar refractivity (Wildman–Crippen MR) is 76.7 cm³/mol. The van der Waals surface area contributed by atoms with Crippen molar-refractivity contribution < 1.29 is 14.6 Å². The monoisotopic (exact) mass is 306 g/mol. The van der Waals surface area contributed by atoms with E-state index in [4.69, 9.17) is 9.84 Å². The van der Waals surface area contributed by atoms with Gasteiger partial charge in [-0.15, -0.1) is 11.3 Å². The van der Waals surface area contributed by atoms with E-state index in [0.29, 0.717) is 25.5 Å². The fraction of sp³-hybridized carbons (Fsp3) is 0.385. The standard InChI is InChI=1S/C13H14N4O3S/c1-8-7-21-12(16-8)10-6-17(2-3-20-10)11-5-14-9(4-15-11)13(18)19/h4-5,7,10H,2-3,6H2,1H3,(H,18,19). The minimum atomic E-state index is -1.08. The first kappa shape index (κ1) is 13.9. The molecule has 0 aliphatic carbocycles. The number of aryl methyl sites for hydroxylation is 1. The zero-order chi connectivity index (χ0) is 14.8. The molecule has 3 rings (SSSR count). The Labute approximate surface area is 125 Å². The van der Waals surface area contributed by atoms with Crippen LogP contribution in [0, 0.1) is 6.92 Å². The summed E-state index contributed by atoms with van der Waals surface area (Å²) in [6.07, 6.45) is 2.67. The number of nitrogens with zero attached hydrogens (tertiary/aromatic N) is 4. The summed E-state index contributed by atoms with van der Waals surface area (Å²) in [5.74, 6) is -0.422. The lowest BCUT2D eigenvalue weighted by Gasteiger charge is -2.32. The molecule has 0 bridgehead atoms. The molecule has 2 aromatic rings. The van der Waals surface area contributed by atoms with Crippen LogP contribution in [0.15, 0.2) is 17.8 Å². The van der Waals surface area contributed by atoms with Gasteiger partial charge in [0.25, 0.3) is 0 Å². The fourth-order valence-corrected chi connectivity index (χ4v) is 2.96. The van der Waals surface area contributed by atoms with Crippen LogP contribution in [-0.4, -0.2) is 45.7 Å². The molecular weight excluding hydrogens is 292 g/mol. The maximum absolute atomic E-state index is 10.8.